The van der Waals surface area contributed by atoms with Gasteiger partial charge in [-0.15, -0.1) is 0 Å². The van der Waals surface area contributed by atoms with Crippen LogP contribution in [-0.2, 0) is 19.0 Å². The fraction of sp³-hybridized carbons (Fsp3) is 0.857. The lowest BCUT2D eigenvalue weighted by Crippen LogP contribution is -2.20. The summed E-state index contributed by atoms with van der Waals surface area (Å²) in [7, 11) is 0. The van der Waals surface area contributed by atoms with Crippen LogP contribution in [0.25, 0.3) is 0 Å². The first-order valence-corrected chi connectivity index (χ1v) is 10.1. The van der Waals surface area contributed by atoms with Crippen molar-refractivity contribution >= 4 is 5.78 Å². The fourth-order valence-corrected chi connectivity index (χ4v) is 2.90. The van der Waals surface area contributed by atoms with Crippen LogP contribution in [0, 0.1) is 5.41 Å². The summed E-state index contributed by atoms with van der Waals surface area (Å²) in [6.07, 6.45) is 6.91. The Bertz CT molecular complexity index is 438. The van der Waals surface area contributed by atoms with E-state index in [9.17, 15) is 4.79 Å². The smallest absolute Gasteiger partial charge is 0.156 e. The average molecular weight is 387 g/mol. The van der Waals surface area contributed by atoms with E-state index in [2.05, 4.69) is 20.8 Å². The normalized spacial score (nSPS) is 25.0. The first-order chi connectivity index (χ1) is 12.7. The largest absolute Gasteiger partial charge is 0.376 e. The second-order valence-corrected chi connectivity index (χ2v) is 8.40. The number of epoxide rings is 2. The lowest BCUT2D eigenvalue weighted by molar-refractivity contribution is -0.117. The molecule has 1 aliphatic carbocycles. The first-order valence-electron chi connectivity index (χ1n) is 10.1. The molecular weight excluding hydrogens is 348 g/mol. The molecule has 158 valence electrons. The summed E-state index contributed by atoms with van der Waals surface area (Å²) in [4.78, 5) is 11.0. The topological polar surface area (TPSA) is 91.8 Å². The van der Waals surface area contributed by atoms with E-state index >= 15 is 0 Å². The molecular formula is C21H38O6. The van der Waals surface area contributed by atoms with Crippen LogP contribution in [0.5, 0.6) is 0 Å². The zero-order chi connectivity index (χ0) is 20.3. The lowest BCUT2D eigenvalue weighted by atomic mass is 9.77. The Kier molecular flexibility index (Phi) is 11.3. The van der Waals surface area contributed by atoms with Crippen molar-refractivity contribution in [1.29, 1.82) is 0 Å². The fourth-order valence-electron chi connectivity index (χ4n) is 2.90. The molecule has 0 amide bonds. The molecule has 2 fully saturated rings. The summed E-state index contributed by atoms with van der Waals surface area (Å²) in [6, 6.07) is 0. The van der Waals surface area contributed by atoms with Crippen molar-refractivity contribution in [2.45, 2.75) is 84.7 Å². The molecule has 0 spiro atoms. The predicted octanol–water partition coefficient (Wildman–Crippen LogP) is 3.00. The van der Waals surface area contributed by atoms with Gasteiger partial charge in [-0.05, 0) is 37.7 Å². The molecule has 6 heteroatoms. The third-order valence-electron chi connectivity index (χ3n) is 4.30. The molecule has 2 heterocycles. The maximum Gasteiger partial charge on any atom is 0.156 e. The number of hydrogen-bond donors (Lipinski definition) is 2. The Hall–Kier alpha value is -0.790. The van der Waals surface area contributed by atoms with Crippen LogP contribution in [0.2, 0.25) is 0 Å². The van der Waals surface area contributed by atoms with Gasteiger partial charge < -0.3 is 24.4 Å². The Labute approximate surface area is 163 Å². The van der Waals surface area contributed by atoms with E-state index in [-0.39, 0.29) is 11.2 Å². The number of ketones is 1. The zero-order valence-corrected chi connectivity index (χ0v) is 17.4. The molecule has 2 N–H and O–H groups in total. The predicted molar refractivity (Wildman–Crippen MR) is 104 cm³/mol. The third-order valence-corrected chi connectivity index (χ3v) is 4.30. The molecule has 3 aliphatic rings. The molecule has 2 atom stereocenters. The highest BCUT2D eigenvalue weighted by Crippen LogP contribution is 2.32. The monoisotopic (exact) mass is 386 g/mol. The molecule has 3 rings (SSSR count). The van der Waals surface area contributed by atoms with Crippen molar-refractivity contribution in [2.75, 3.05) is 26.4 Å². The number of ether oxygens (including phenoxy) is 3. The molecule has 2 saturated heterocycles. The van der Waals surface area contributed by atoms with E-state index in [1.165, 1.54) is 5.57 Å². The third kappa shape index (κ3) is 14.9. The zero-order valence-electron chi connectivity index (χ0n) is 17.4. The maximum absolute atomic E-state index is 11.0. The minimum absolute atomic E-state index is 0.204. The standard InChI is InChI=1S/C9H14O.C6H10O3.C6H14O2/c1-7-4-8(10)6-9(2,3)5-7;1(5-3-8-5)7-2-6-4-9-6;1-2-3-4-5-6(7)8/h4H,5-6H2,1-3H3;5-6H,1-4H2;6-8H,2-5H2,1H3. The molecule has 6 nitrogen and oxygen atoms in total. The number of aliphatic hydroxyl groups is 2. The Morgan fingerprint density at radius 2 is 1.70 bits per heavy atom. The van der Waals surface area contributed by atoms with Gasteiger partial charge in [0.2, 0.25) is 0 Å². The molecule has 0 aromatic carbocycles. The first kappa shape index (κ1) is 24.2. The Balaban J connectivity index is 0.000000204. The van der Waals surface area contributed by atoms with Crippen LogP contribution < -0.4 is 0 Å². The molecule has 0 aromatic heterocycles. The van der Waals surface area contributed by atoms with Crippen molar-refractivity contribution in [1.82, 2.24) is 0 Å². The molecule has 2 aliphatic heterocycles. The SMILES string of the molecule is C(OCC1CO1)C1CO1.CC1=CC(=O)CC(C)(C)C1.CCCCCC(O)O. The number of unbranched alkanes of at least 4 members (excludes halogenated alkanes) is 2. The average Bonchev–Trinajstić information content (AvgIpc) is 3.41. The number of carbonyl (C=O) groups excluding carboxylic acids is 1. The second-order valence-electron chi connectivity index (χ2n) is 8.40. The van der Waals surface area contributed by atoms with Crippen LogP contribution in [0.4, 0.5) is 0 Å². The van der Waals surface area contributed by atoms with E-state index in [1.807, 2.05) is 6.92 Å². The van der Waals surface area contributed by atoms with E-state index in [4.69, 9.17) is 24.4 Å². The van der Waals surface area contributed by atoms with Gasteiger partial charge in [-0.1, -0.05) is 39.2 Å². The van der Waals surface area contributed by atoms with Crippen molar-refractivity contribution in [3.63, 3.8) is 0 Å². The van der Waals surface area contributed by atoms with Gasteiger partial charge in [0.25, 0.3) is 0 Å². The van der Waals surface area contributed by atoms with Crippen LogP contribution >= 0.6 is 0 Å². The van der Waals surface area contributed by atoms with Crippen molar-refractivity contribution in [2.24, 2.45) is 5.41 Å². The van der Waals surface area contributed by atoms with E-state index < -0.39 is 6.29 Å². The summed E-state index contributed by atoms with van der Waals surface area (Å²) >= 11 is 0. The van der Waals surface area contributed by atoms with Gasteiger partial charge in [0, 0.05) is 6.42 Å². The van der Waals surface area contributed by atoms with Gasteiger partial charge in [0.15, 0.2) is 12.1 Å². The maximum atomic E-state index is 11.0. The number of allylic oxidation sites excluding steroid dienone is 2. The summed E-state index contributed by atoms with van der Waals surface area (Å²) in [5, 5.41) is 16.7. The van der Waals surface area contributed by atoms with Crippen LogP contribution in [-0.4, -0.2) is 60.9 Å². The highest BCUT2D eigenvalue weighted by molar-refractivity contribution is 5.91. The van der Waals surface area contributed by atoms with Gasteiger partial charge >= 0.3 is 0 Å². The van der Waals surface area contributed by atoms with Gasteiger partial charge in [-0.25, -0.2) is 0 Å². The number of rotatable bonds is 8. The Morgan fingerprint density at radius 1 is 1.15 bits per heavy atom. The highest BCUT2D eigenvalue weighted by Gasteiger charge is 2.26. The minimum Gasteiger partial charge on any atom is -0.376 e. The summed E-state index contributed by atoms with van der Waals surface area (Å²) in [5.74, 6) is 0.286. The van der Waals surface area contributed by atoms with E-state index in [0.717, 1.165) is 52.1 Å². The minimum atomic E-state index is -1.10. The number of carbonyl (C=O) groups is 1. The number of hydrogen-bond acceptors (Lipinski definition) is 6. The lowest BCUT2D eigenvalue weighted by Gasteiger charge is -2.27. The molecule has 27 heavy (non-hydrogen) atoms. The highest BCUT2D eigenvalue weighted by atomic mass is 16.6. The van der Waals surface area contributed by atoms with Crippen LogP contribution in [0.3, 0.4) is 0 Å². The molecule has 0 aromatic rings. The summed E-state index contributed by atoms with van der Waals surface area (Å²) in [6.45, 7) is 11.7. The van der Waals surface area contributed by atoms with Crippen molar-refractivity contribution in [3.05, 3.63) is 11.6 Å². The van der Waals surface area contributed by atoms with Gasteiger partial charge in [0.05, 0.1) is 26.4 Å². The molecule has 2 unspecified atom stereocenters. The molecule has 0 saturated carbocycles. The summed E-state index contributed by atoms with van der Waals surface area (Å²) in [5.41, 5.74) is 1.43. The van der Waals surface area contributed by atoms with Crippen LogP contribution in [0.15, 0.2) is 11.6 Å². The quantitative estimate of drug-likeness (QED) is 0.378. The number of aliphatic hydroxyl groups excluding tert-OH is 1. The summed E-state index contributed by atoms with van der Waals surface area (Å²) < 4.78 is 15.1. The van der Waals surface area contributed by atoms with Crippen LogP contribution in [0.1, 0.15) is 66.2 Å². The van der Waals surface area contributed by atoms with Crippen molar-refractivity contribution in [3.8, 4) is 0 Å². The Morgan fingerprint density at radius 3 is 2.07 bits per heavy atom. The molecule has 0 bridgehead atoms. The van der Waals surface area contributed by atoms with Crippen molar-refractivity contribution < 1.29 is 29.2 Å². The van der Waals surface area contributed by atoms with Gasteiger partial charge in [0.1, 0.15) is 12.2 Å². The molecule has 0 radical (unpaired) electrons. The van der Waals surface area contributed by atoms with E-state index in [0.29, 0.717) is 25.0 Å². The van der Waals surface area contributed by atoms with Gasteiger partial charge in [-0.2, -0.15) is 0 Å². The van der Waals surface area contributed by atoms with Gasteiger partial charge in [-0.3, -0.25) is 4.79 Å². The second kappa shape index (κ2) is 12.6. The van der Waals surface area contributed by atoms with E-state index in [1.54, 1.807) is 6.08 Å².